The number of amides is 1. The summed E-state index contributed by atoms with van der Waals surface area (Å²) in [6.45, 7) is 0.373. The van der Waals surface area contributed by atoms with Crippen molar-refractivity contribution in [3.05, 3.63) is 54.1 Å². The van der Waals surface area contributed by atoms with Crippen molar-refractivity contribution in [2.24, 2.45) is 0 Å². The van der Waals surface area contributed by atoms with Crippen molar-refractivity contribution in [3.63, 3.8) is 0 Å². The number of fused-ring (bicyclic) bond motifs is 1. The number of benzene rings is 2. The average Bonchev–Trinajstić information content (AvgIpc) is 2.69. The van der Waals surface area contributed by atoms with Crippen LogP contribution in [-0.4, -0.2) is 33.5 Å². The molecule has 1 saturated carbocycles. The molecule has 0 unspecified atom stereocenters. The predicted molar refractivity (Wildman–Crippen MR) is 106 cm³/mol. The molecule has 1 heterocycles. The number of aromatic nitrogens is 2. The van der Waals surface area contributed by atoms with Crippen molar-refractivity contribution < 1.29 is 23.1 Å². The summed E-state index contributed by atoms with van der Waals surface area (Å²) >= 11 is 0. The van der Waals surface area contributed by atoms with Gasteiger partial charge < -0.3 is 15.7 Å². The van der Waals surface area contributed by atoms with Gasteiger partial charge in [-0.3, -0.25) is 0 Å². The van der Waals surface area contributed by atoms with Gasteiger partial charge in [0, 0.05) is 22.9 Å². The number of alkyl halides is 3. The number of hydrogen-bond acceptors (Lipinski definition) is 4. The zero-order valence-electron chi connectivity index (χ0n) is 15.8. The Kier molecular flexibility index (Phi) is 4.97. The van der Waals surface area contributed by atoms with Crippen LogP contribution in [0.3, 0.4) is 0 Å². The highest BCUT2D eigenvalue weighted by Crippen LogP contribution is 2.35. The van der Waals surface area contributed by atoms with Gasteiger partial charge in [-0.2, -0.15) is 13.2 Å². The van der Waals surface area contributed by atoms with Crippen molar-refractivity contribution in [1.82, 2.24) is 15.5 Å². The molecule has 1 fully saturated rings. The van der Waals surface area contributed by atoms with E-state index in [4.69, 9.17) is 5.11 Å². The first kappa shape index (κ1) is 19.9. The van der Waals surface area contributed by atoms with Gasteiger partial charge >= 0.3 is 12.3 Å². The molecule has 3 aromatic rings. The summed E-state index contributed by atoms with van der Waals surface area (Å²) < 4.78 is 38.5. The molecular formula is C21H19F3N4O2. The van der Waals surface area contributed by atoms with Crippen molar-refractivity contribution in [2.45, 2.75) is 31.0 Å². The van der Waals surface area contributed by atoms with E-state index >= 15 is 0 Å². The zero-order valence-corrected chi connectivity index (χ0v) is 15.8. The molecule has 156 valence electrons. The van der Waals surface area contributed by atoms with Gasteiger partial charge in [0.05, 0.1) is 11.1 Å². The van der Waals surface area contributed by atoms with Crippen LogP contribution < -0.4 is 10.6 Å². The standard InChI is InChI=1S/C21H19F3N4O2/c22-21(23,24)14-8-6-13(7-9-14)17-15-4-1-2-5-16(15)18(28-27-17)25-12-20(10-3-11-20)26-19(29)30/h1-2,4-9,26H,3,10-12H2,(H,25,28)(H,29,30). The number of nitrogens with zero attached hydrogens (tertiary/aromatic N) is 2. The molecule has 2 aromatic carbocycles. The third-order valence-electron chi connectivity index (χ3n) is 5.45. The van der Waals surface area contributed by atoms with Gasteiger partial charge in [-0.25, -0.2) is 4.79 Å². The molecule has 0 saturated heterocycles. The topological polar surface area (TPSA) is 87.1 Å². The quantitative estimate of drug-likeness (QED) is 0.550. The summed E-state index contributed by atoms with van der Waals surface area (Å²) in [5.41, 5.74) is -0.243. The Bertz CT molecular complexity index is 1080. The minimum atomic E-state index is -4.40. The Balaban J connectivity index is 1.64. The lowest BCUT2D eigenvalue weighted by Gasteiger charge is -2.41. The first-order chi connectivity index (χ1) is 14.3. The van der Waals surface area contributed by atoms with Crippen LogP contribution >= 0.6 is 0 Å². The van der Waals surface area contributed by atoms with Gasteiger partial charge in [0.2, 0.25) is 0 Å². The summed E-state index contributed by atoms with van der Waals surface area (Å²) in [5.74, 6) is 0.500. The fourth-order valence-electron chi connectivity index (χ4n) is 3.69. The van der Waals surface area contributed by atoms with E-state index < -0.39 is 23.4 Å². The van der Waals surface area contributed by atoms with Crippen molar-refractivity contribution in [1.29, 1.82) is 0 Å². The molecule has 1 aliphatic rings. The largest absolute Gasteiger partial charge is 0.465 e. The third kappa shape index (κ3) is 3.87. The molecule has 1 aliphatic carbocycles. The minimum absolute atomic E-state index is 0.373. The van der Waals surface area contributed by atoms with Gasteiger partial charge in [0.25, 0.3) is 0 Å². The molecule has 0 atom stereocenters. The Morgan fingerprint density at radius 1 is 1.03 bits per heavy atom. The number of carbonyl (C=O) groups is 1. The van der Waals surface area contributed by atoms with Crippen LogP contribution in [0.15, 0.2) is 48.5 Å². The second-order valence-electron chi connectivity index (χ2n) is 7.44. The van der Waals surface area contributed by atoms with Gasteiger partial charge in [0.15, 0.2) is 5.82 Å². The first-order valence-electron chi connectivity index (χ1n) is 9.45. The molecule has 6 nitrogen and oxygen atoms in total. The second-order valence-corrected chi connectivity index (χ2v) is 7.44. The maximum Gasteiger partial charge on any atom is 0.416 e. The van der Waals surface area contributed by atoms with Crippen LogP contribution in [0.25, 0.3) is 22.0 Å². The van der Waals surface area contributed by atoms with E-state index in [2.05, 4.69) is 20.8 Å². The molecule has 1 aromatic heterocycles. The molecular weight excluding hydrogens is 397 g/mol. The molecule has 3 N–H and O–H groups in total. The Morgan fingerprint density at radius 2 is 1.70 bits per heavy atom. The summed E-state index contributed by atoms with van der Waals surface area (Å²) in [6, 6.07) is 12.1. The maximum absolute atomic E-state index is 12.8. The lowest BCUT2D eigenvalue weighted by atomic mass is 9.76. The van der Waals surface area contributed by atoms with Crippen LogP contribution in [0, 0.1) is 0 Å². The Morgan fingerprint density at radius 3 is 2.27 bits per heavy atom. The molecule has 0 bridgehead atoms. The van der Waals surface area contributed by atoms with Crippen LogP contribution in [-0.2, 0) is 6.18 Å². The maximum atomic E-state index is 12.8. The van der Waals surface area contributed by atoms with Crippen molar-refractivity contribution >= 4 is 22.7 Å². The van der Waals surface area contributed by atoms with E-state index in [1.54, 1.807) is 0 Å². The first-order valence-corrected chi connectivity index (χ1v) is 9.45. The third-order valence-corrected chi connectivity index (χ3v) is 5.45. The fourth-order valence-corrected chi connectivity index (χ4v) is 3.69. The molecule has 1 amide bonds. The SMILES string of the molecule is O=C(O)NC1(CNc2nnc(-c3ccc(C(F)(F)F)cc3)c3ccccc23)CCC1. The number of hydrogen-bond donors (Lipinski definition) is 3. The van der Waals surface area contributed by atoms with E-state index in [0.29, 0.717) is 23.6 Å². The summed E-state index contributed by atoms with van der Waals surface area (Å²) in [7, 11) is 0. The fraction of sp³-hybridized carbons (Fsp3) is 0.286. The van der Waals surface area contributed by atoms with Crippen LogP contribution in [0.4, 0.5) is 23.8 Å². The van der Waals surface area contributed by atoms with Crippen LogP contribution in [0.1, 0.15) is 24.8 Å². The van der Waals surface area contributed by atoms with Gasteiger partial charge in [0.1, 0.15) is 5.69 Å². The van der Waals surface area contributed by atoms with Crippen molar-refractivity contribution in [2.75, 3.05) is 11.9 Å². The number of halogens is 3. The summed E-state index contributed by atoms with van der Waals surface area (Å²) in [6.07, 6.45) is -3.05. The van der Waals surface area contributed by atoms with Gasteiger partial charge in [-0.05, 0) is 31.4 Å². The highest BCUT2D eigenvalue weighted by molar-refractivity contribution is 6.00. The zero-order chi connectivity index (χ0) is 21.4. The van der Waals surface area contributed by atoms with Crippen LogP contribution in [0.2, 0.25) is 0 Å². The Hall–Kier alpha value is -3.36. The molecule has 0 aliphatic heterocycles. The lowest BCUT2D eigenvalue weighted by molar-refractivity contribution is -0.137. The van der Waals surface area contributed by atoms with E-state index in [1.807, 2.05) is 24.3 Å². The lowest BCUT2D eigenvalue weighted by Crippen LogP contribution is -2.57. The van der Waals surface area contributed by atoms with Gasteiger partial charge in [-0.15, -0.1) is 10.2 Å². The van der Waals surface area contributed by atoms with E-state index in [0.717, 1.165) is 42.2 Å². The smallest absolute Gasteiger partial charge is 0.416 e. The highest BCUT2D eigenvalue weighted by atomic mass is 19.4. The number of carboxylic acid groups (broad SMARTS) is 1. The van der Waals surface area contributed by atoms with Crippen LogP contribution in [0.5, 0.6) is 0 Å². The number of nitrogens with one attached hydrogen (secondary N) is 2. The molecule has 0 radical (unpaired) electrons. The molecule has 0 spiro atoms. The number of anilines is 1. The normalized spacial score (nSPS) is 15.4. The summed E-state index contributed by atoms with van der Waals surface area (Å²) in [5, 5.41) is 24.8. The number of rotatable bonds is 5. The summed E-state index contributed by atoms with van der Waals surface area (Å²) in [4.78, 5) is 11.1. The van der Waals surface area contributed by atoms with E-state index in [-0.39, 0.29) is 0 Å². The highest BCUT2D eigenvalue weighted by Gasteiger charge is 2.38. The Labute approximate surface area is 170 Å². The van der Waals surface area contributed by atoms with E-state index in [9.17, 15) is 18.0 Å². The molecule has 9 heteroatoms. The minimum Gasteiger partial charge on any atom is -0.465 e. The average molecular weight is 416 g/mol. The molecule has 4 rings (SSSR count). The monoisotopic (exact) mass is 416 g/mol. The van der Waals surface area contributed by atoms with Crippen molar-refractivity contribution in [3.8, 4) is 11.3 Å². The van der Waals surface area contributed by atoms with E-state index in [1.165, 1.54) is 12.1 Å². The second kappa shape index (κ2) is 7.47. The van der Waals surface area contributed by atoms with Gasteiger partial charge in [-0.1, -0.05) is 36.4 Å². The predicted octanol–water partition coefficient (Wildman–Crippen LogP) is 4.92. The molecule has 30 heavy (non-hydrogen) atoms.